The number of alkyl halides is 3. The Labute approximate surface area is 102 Å². The van der Waals surface area contributed by atoms with Crippen molar-refractivity contribution in [2.24, 2.45) is 5.41 Å². The average molecular weight is 265 g/mol. The minimum absolute atomic E-state index is 0.0291. The van der Waals surface area contributed by atoms with Crippen molar-refractivity contribution in [2.75, 3.05) is 0 Å². The van der Waals surface area contributed by atoms with Gasteiger partial charge < -0.3 is 5.11 Å². The first-order valence-electron chi connectivity index (χ1n) is 5.26. The van der Waals surface area contributed by atoms with Crippen LogP contribution in [0.2, 0.25) is 0 Å². The number of carboxylic acid groups (broad SMARTS) is 1. The molecule has 1 aromatic heterocycles. The molecule has 1 N–H and O–H groups in total. The van der Waals surface area contributed by atoms with Crippen LogP contribution >= 0.6 is 0 Å². The third-order valence-corrected chi connectivity index (χ3v) is 2.28. The molecule has 0 fully saturated rings. The first-order valence-corrected chi connectivity index (χ1v) is 5.26. The molecule has 0 unspecified atom stereocenters. The van der Waals surface area contributed by atoms with E-state index in [1.54, 1.807) is 0 Å². The summed E-state index contributed by atoms with van der Waals surface area (Å²) in [4.78, 5) is 10.7. The predicted molar refractivity (Wildman–Crippen MR) is 56.1 cm³/mol. The van der Waals surface area contributed by atoms with Gasteiger partial charge in [0, 0.05) is 6.54 Å². The Hall–Kier alpha value is -1.60. The highest BCUT2D eigenvalue weighted by Crippen LogP contribution is 2.32. The Morgan fingerprint density at radius 1 is 1.33 bits per heavy atom. The van der Waals surface area contributed by atoms with Gasteiger partial charge in [-0.05, 0) is 11.8 Å². The Morgan fingerprint density at radius 3 is 2.28 bits per heavy atom. The molecule has 0 saturated heterocycles. The lowest BCUT2D eigenvalue weighted by Gasteiger charge is -2.18. The van der Waals surface area contributed by atoms with Crippen LogP contribution in [0.1, 0.15) is 43.4 Å². The van der Waals surface area contributed by atoms with E-state index in [1.165, 1.54) is 0 Å². The van der Waals surface area contributed by atoms with Crippen molar-refractivity contribution in [3.63, 3.8) is 0 Å². The van der Waals surface area contributed by atoms with Crippen molar-refractivity contribution in [2.45, 2.75) is 39.9 Å². The maximum atomic E-state index is 12.8. The number of hydrogen-bond donors (Lipinski definition) is 1. The number of aromatic carboxylic acids is 1. The number of aromatic nitrogens is 3. The summed E-state index contributed by atoms with van der Waals surface area (Å²) in [6, 6.07) is 0. The van der Waals surface area contributed by atoms with Crippen molar-refractivity contribution < 1.29 is 23.1 Å². The van der Waals surface area contributed by atoms with Crippen molar-refractivity contribution in [1.29, 1.82) is 0 Å². The fourth-order valence-electron chi connectivity index (χ4n) is 1.34. The van der Waals surface area contributed by atoms with E-state index in [0.717, 1.165) is 0 Å². The molecule has 1 aromatic rings. The molecule has 0 aliphatic heterocycles. The van der Waals surface area contributed by atoms with Gasteiger partial charge in [0.05, 0.1) is 0 Å². The van der Waals surface area contributed by atoms with Gasteiger partial charge in [0.15, 0.2) is 5.69 Å². The minimum atomic E-state index is -4.78. The third kappa shape index (κ3) is 3.44. The molecule has 0 bridgehead atoms. The van der Waals surface area contributed by atoms with E-state index in [4.69, 9.17) is 5.11 Å². The van der Waals surface area contributed by atoms with Gasteiger partial charge >= 0.3 is 12.1 Å². The first-order chi connectivity index (χ1) is 8.02. The van der Waals surface area contributed by atoms with Crippen molar-refractivity contribution in [3.8, 4) is 0 Å². The minimum Gasteiger partial charge on any atom is -0.476 e. The fourth-order valence-corrected chi connectivity index (χ4v) is 1.34. The van der Waals surface area contributed by atoms with Crippen LogP contribution in [-0.2, 0) is 12.7 Å². The highest BCUT2D eigenvalue weighted by atomic mass is 19.4. The molecule has 0 saturated carbocycles. The number of nitrogens with zero attached hydrogens (tertiary/aromatic N) is 3. The molecule has 18 heavy (non-hydrogen) atoms. The van der Waals surface area contributed by atoms with Crippen LogP contribution < -0.4 is 0 Å². The second kappa shape index (κ2) is 4.58. The lowest BCUT2D eigenvalue weighted by molar-refractivity contribution is -0.144. The number of hydrogen-bond acceptors (Lipinski definition) is 3. The van der Waals surface area contributed by atoms with Crippen LogP contribution in [0, 0.1) is 5.41 Å². The summed E-state index contributed by atoms with van der Waals surface area (Å²) < 4.78 is 38.9. The molecule has 0 atom stereocenters. The molecule has 0 aromatic carbocycles. The first kappa shape index (κ1) is 14.5. The summed E-state index contributed by atoms with van der Waals surface area (Å²) in [5, 5.41) is 15.0. The SMILES string of the molecule is CC(C)(C)CCn1nnc(C(=O)O)c1C(F)(F)F. The summed E-state index contributed by atoms with van der Waals surface area (Å²) >= 11 is 0. The van der Waals surface area contributed by atoms with E-state index in [0.29, 0.717) is 11.1 Å². The van der Waals surface area contributed by atoms with Gasteiger partial charge in [-0.2, -0.15) is 13.2 Å². The fraction of sp³-hybridized carbons (Fsp3) is 0.700. The summed E-state index contributed by atoms with van der Waals surface area (Å²) in [6.45, 7) is 5.58. The predicted octanol–water partition coefficient (Wildman–Crippen LogP) is 2.43. The second-order valence-corrected chi connectivity index (χ2v) is 5.12. The van der Waals surface area contributed by atoms with Gasteiger partial charge in [-0.3, -0.25) is 0 Å². The van der Waals surface area contributed by atoms with Crippen LogP contribution in [0.4, 0.5) is 13.2 Å². The normalized spacial score (nSPS) is 12.8. The molecule has 0 aliphatic rings. The molecular weight excluding hydrogens is 251 g/mol. The quantitative estimate of drug-likeness (QED) is 0.911. The molecule has 5 nitrogen and oxygen atoms in total. The van der Waals surface area contributed by atoms with Gasteiger partial charge in [0.25, 0.3) is 0 Å². The summed E-state index contributed by atoms with van der Waals surface area (Å²) in [7, 11) is 0. The molecule has 102 valence electrons. The maximum Gasteiger partial charge on any atom is 0.435 e. The summed E-state index contributed by atoms with van der Waals surface area (Å²) in [5.74, 6) is -1.73. The molecular formula is C10H14F3N3O2. The topological polar surface area (TPSA) is 68.0 Å². The molecule has 0 amide bonds. The Bertz CT molecular complexity index is 446. The largest absolute Gasteiger partial charge is 0.476 e. The van der Waals surface area contributed by atoms with Gasteiger partial charge in [0.2, 0.25) is 5.69 Å². The lowest BCUT2D eigenvalue weighted by atomic mass is 9.92. The smallest absolute Gasteiger partial charge is 0.435 e. The van der Waals surface area contributed by atoms with Crippen LogP contribution in [0.3, 0.4) is 0 Å². The molecule has 0 spiro atoms. The van der Waals surface area contributed by atoms with Crippen LogP contribution in [0.25, 0.3) is 0 Å². The van der Waals surface area contributed by atoms with E-state index < -0.39 is 23.5 Å². The van der Waals surface area contributed by atoms with Crippen LogP contribution in [0.5, 0.6) is 0 Å². The van der Waals surface area contributed by atoms with E-state index in [1.807, 2.05) is 20.8 Å². The van der Waals surface area contributed by atoms with Gasteiger partial charge in [0.1, 0.15) is 0 Å². The third-order valence-electron chi connectivity index (χ3n) is 2.28. The van der Waals surface area contributed by atoms with E-state index in [2.05, 4.69) is 10.3 Å². The number of carboxylic acids is 1. The highest BCUT2D eigenvalue weighted by Gasteiger charge is 2.41. The number of carbonyl (C=O) groups is 1. The zero-order valence-electron chi connectivity index (χ0n) is 10.2. The molecule has 0 radical (unpaired) electrons. The standard InChI is InChI=1S/C10H14F3N3O2/c1-9(2,3)4-5-16-7(10(11,12)13)6(8(17)18)14-15-16/h4-5H2,1-3H3,(H,17,18). The Kier molecular flexibility index (Phi) is 3.68. The Morgan fingerprint density at radius 2 is 1.89 bits per heavy atom. The zero-order valence-corrected chi connectivity index (χ0v) is 10.2. The molecule has 1 heterocycles. The second-order valence-electron chi connectivity index (χ2n) is 5.12. The van der Waals surface area contributed by atoms with E-state index in [-0.39, 0.29) is 12.0 Å². The van der Waals surface area contributed by atoms with Crippen LogP contribution in [-0.4, -0.2) is 26.1 Å². The highest BCUT2D eigenvalue weighted by molar-refractivity contribution is 5.86. The van der Waals surface area contributed by atoms with E-state index >= 15 is 0 Å². The summed E-state index contributed by atoms with van der Waals surface area (Å²) in [6.07, 6.45) is -4.35. The average Bonchev–Trinajstić information content (AvgIpc) is 2.56. The van der Waals surface area contributed by atoms with Crippen molar-refractivity contribution in [1.82, 2.24) is 15.0 Å². The van der Waals surface area contributed by atoms with E-state index in [9.17, 15) is 18.0 Å². The molecule has 1 rings (SSSR count). The lowest BCUT2D eigenvalue weighted by Crippen LogP contribution is -2.20. The molecule has 0 aliphatic carbocycles. The zero-order chi connectivity index (χ0) is 14.1. The summed E-state index contributed by atoms with van der Waals surface area (Å²) in [5.41, 5.74) is -2.55. The number of rotatable bonds is 3. The number of aryl methyl sites for hydroxylation is 1. The van der Waals surface area contributed by atoms with Crippen LogP contribution in [0.15, 0.2) is 0 Å². The van der Waals surface area contributed by atoms with Gasteiger partial charge in [-0.15, -0.1) is 5.10 Å². The van der Waals surface area contributed by atoms with Crippen molar-refractivity contribution >= 4 is 5.97 Å². The monoisotopic (exact) mass is 265 g/mol. The van der Waals surface area contributed by atoms with Crippen molar-refractivity contribution in [3.05, 3.63) is 11.4 Å². The maximum absolute atomic E-state index is 12.8. The Balaban J connectivity index is 3.10. The van der Waals surface area contributed by atoms with Gasteiger partial charge in [-0.25, -0.2) is 9.48 Å². The number of halogens is 3. The molecule has 8 heteroatoms. The van der Waals surface area contributed by atoms with Gasteiger partial charge in [-0.1, -0.05) is 26.0 Å².